The fraction of sp³-hybridized carbons (Fsp3) is 0.333. The first kappa shape index (κ1) is 8.19. The number of aromatic nitrogens is 1. The lowest BCUT2D eigenvalue weighted by Crippen LogP contribution is -2.09. The summed E-state index contributed by atoms with van der Waals surface area (Å²) in [6, 6.07) is 5.50. The van der Waals surface area contributed by atoms with E-state index >= 15 is 0 Å². The lowest BCUT2D eigenvalue weighted by molar-refractivity contribution is -0.142. The van der Waals surface area contributed by atoms with Gasteiger partial charge in [-0.25, -0.2) is 4.79 Å². The van der Waals surface area contributed by atoms with Crippen molar-refractivity contribution in [2.45, 2.75) is 12.2 Å². The molecule has 0 amide bonds. The zero-order valence-corrected chi connectivity index (χ0v) is 7.14. The predicted octanol–water partition coefficient (Wildman–Crippen LogP) is 0.694. The second-order valence-corrected chi connectivity index (χ2v) is 2.76. The highest BCUT2D eigenvalue weighted by atomic mass is 16.6. The number of methoxy groups -OCH3 is 1. The van der Waals surface area contributed by atoms with Crippen LogP contribution in [0.25, 0.3) is 0 Å². The zero-order chi connectivity index (χ0) is 9.26. The van der Waals surface area contributed by atoms with Crippen LogP contribution in [0, 0.1) is 0 Å². The van der Waals surface area contributed by atoms with Gasteiger partial charge in [0.05, 0.1) is 12.8 Å². The third kappa shape index (κ3) is 1.53. The van der Waals surface area contributed by atoms with Crippen LogP contribution in [0.2, 0.25) is 0 Å². The largest absolute Gasteiger partial charge is 0.467 e. The maximum absolute atomic E-state index is 11.0. The molecule has 2 atom stereocenters. The Kier molecular flexibility index (Phi) is 1.98. The summed E-state index contributed by atoms with van der Waals surface area (Å²) in [7, 11) is 1.35. The van der Waals surface area contributed by atoms with Gasteiger partial charge in [-0.05, 0) is 12.1 Å². The average molecular weight is 179 g/mol. The molecule has 1 aliphatic heterocycles. The topological polar surface area (TPSA) is 51.7 Å². The van der Waals surface area contributed by atoms with E-state index in [1.54, 1.807) is 6.20 Å². The molecule has 1 aromatic heterocycles. The molecule has 0 saturated carbocycles. The number of hydrogen-bond acceptors (Lipinski definition) is 4. The predicted molar refractivity (Wildman–Crippen MR) is 43.9 cm³/mol. The van der Waals surface area contributed by atoms with Gasteiger partial charge < -0.3 is 9.47 Å². The van der Waals surface area contributed by atoms with Crippen LogP contribution in [0.15, 0.2) is 24.4 Å². The van der Waals surface area contributed by atoms with Crippen molar-refractivity contribution in [3.05, 3.63) is 30.1 Å². The Morgan fingerprint density at radius 3 is 3.08 bits per heavy atom. The van der Waals surface area contributed by atoms with E-state index in [4.69, 9.17) is 4.74 Å². The second-order valence-electron chi connectivity index (χ2n) is 2.76. The normalized spacial score (nSPS) is 25.3. The summed E-state index contributed by atoms with van der Waals surface area (Å²) < 4.78 is 9.65. The molecule has 0 N–H and O–H groups in total. The van der Waals surface area contributed by atoms with Gasteiger partial charge in [0.25, 0.3) is 0 Å². The molecule has 1 fully saturated rings. The van der Waals surface area contributed by atoms with E-state index in [0.29, 0.717) is 0 Å². The monoisotopic (exact) mass is 179 g/mol. The smallest absolute Gasteiger partial charge is 0.338 e. The summed E-state index contributed by atoms with van der Waals surface area (Å²) in [5.74, 6) is -0.337. The second kappa shape index (κ2) is 3.14. The van der Waals surface area contributed by atoms with E-state index in [0.717, 1.165) is 5.69 Å². The molecule has 2 rings (SSSR count). The van der Waals surface area contributed by atoms with Crippen LogP contribution in [0.1, 0.15) is 11.8 Å². The summed E-state index contributed by atoms with van der Waals surface area (Å²) >= 11 is 0. The summed E-state index contributed by atoms with van der Waals surface area (Å²) in [6.07, 6.45) is 0.999. The summed E-state index contributed by atoms with van der Waals surface area (Å²) in [4.78, 5) is 15.1. The van der Waals surface area contributed by atoms with E-state index in [-0.39, 0.29) is 12.1 Å². The number of hydrogen-bond donors (Lipinski definition) is 0. The van der Waals surface area contributed by atoms with Crippen LogP contribution < -0.4 is 0 Å². The van der Waals surface area contributed by atoms with Gasteiger partial charge in [0.15, 0.2) is 6.10 Å². The molecule has 4 nitrogen and oxygen atoms in total. The van der Waals surface area contributed by atoms with Crippen molar-refractivity contribution in [1.29, 1.82) is 0 Å². The molecule has 68 valence electrons. The summed E-state index contributed by atoms with van der Waals surface area (Å²) in [5.41, 5.74) is 0.776. The number of epoxide rings is 1. The standard InChI is InChI=1S/C9H9NO3/c1-12-9(11)8-7(13-8)6-4-2-3-5-10-6/h2-5,7-8H,1H3/t7-,8+/m0/s1. The van der Waals surface area contributed by atoms with E-state index < -0.39 is 6.10 Å². The molecular weight excluding hydrogens is 170 g/mol. The van der Waals surface area contributed by atoms with Gasteiger partial charge in [0.1, 0.15) is 6.10 Å². The van der Waals surface area contributed by atoms with Crippen LogP contribution in [0.3, 0.4) is 0 Å². The van der Waals surface area contributed by atoms with Gasteiger partial charge in [-0.15, -0.1) is 0 Å². The Labute approximate surface area is 75.5 Å². The molecule has 13 heavy (non-hydrogen) atoms. The number of carbonyl (C=O) groups is 1. The molecular formula is C9H9NO3. The highest BCUT2D eigenvalue weighted by Crippen LogP contribution is 2.37. The van der Waals surface area contributed by atoms with Crippen molar-refractivity contribution >= 4 is 5.97 Å². The Bertz CT molecular complexity index is 312. The maximum Gasteiger partial charge on any atom is 0.338 e. The van der Waals surface area contributed by atoms with Gasteiger partial charge in [-0.2, -0.15) is 0 Å². The van der Waals surface area contributed by atoms with Gasteiger partial charge in [0, 0.05) is 6.20 Å². The molecule has 1 saturated heterocycles. The Morgan fingerprint density at radius 2 is 2.46 bits per heavy atom. The van der Waals surface area contributed by atoms with Gasteiger partial charge in [-0.1, -0.05) is 6.07 Å². The van der Waals surface area contributed by atoms with E-state index in [1.165, 1.54) is 7.11 Å². The Balaban J connectivity index is 2.04. The minimum Gasteiger partial charge on any atom is -0.467 e. The molecule has 0 bridgehead atoms. The van der Waals surface area contributed by atoms with Gasteiger partial charge in [0.2, 0.25) is 0 Å². The van der Waals surface area contributed by atoms with Crippen molar-refractivity contribution in [2.75, 3.05) is 7.11 Å². The van der Waals surface area contributed by atoms with E-state index in [1.807, 2.05) is 18.2 Å². The SMILES string of the molecule is COC(=O)[C@@H]1O[C@H]1c1ccccn1. The lowest BCUT2D eigenvalue weighted by atomic mass is 10.2. The first-order valence-corrected chi connectivity index (χ1v) is 3.97. The molecule has 1 aliphatic rings. The minimum atomic E-state index is -0.458. The number of nitrogens with zero attached hydrogens (tertiary/aromatic N) is 1. The van der Waals surface area contributed by atoms with Crippen LogP contribution in [-0.4, -0.2) is 24.2 Å². The molecule has 2 heterocycles. The Morgan fingerprint density at radius 1 is 1.62 bits per heavy atom. The number of rotatable bonds is 2. The zero-order valence-electron chi connectivity index (χ0n) is 7.14. The fourth-order valence-electron chi connectivity index (χ4n) is 1.18. The van der Waals surface area contributed by atoms with E-state index in [2.05, 4.69) is 9.72 Å². The molecule has 1 aromatic rings. The van der Waals surface area contributed by atoms with Crippen molar-refractivity contribution in [3.8, 4) is 0 Å². The highest BCUT2D eigenvalue weighted by molar-refractivity contribution is 5.78. The Hall–Kier alpha value is -1.42. The molecule has 0 radical (unpaired) electrons. The fourth-order valence-corrected chi connectivity index (χ4v) is 1.18. The van der Waals surface area contributed by atoms with E-state index in [9.17, 15) is 4.79 Å². The van der Waals surface area contributed by atoms with Crippen molar-refractivity contribution in [1.82, 2.24) is 4.98 Å². The quantitative estimate of drug-likeness (QED) is 0.495. The average Bonchev–Trinajstić information content (AvgIpc) is 2.98. The van der Waals surface area contributed by atoms with Crippen LogP contribution in [0.5, 0.6) is 0 Å². The number of carbonyl (C=O) groups excluding carboxylic acids is 1. The first-order valence-electron chi connectivity index (χ1n) is 3.97. The molecule has 0 aromatic carbocycles. The number of ether oxygens (including phenoxy) is 2. The third-order valence-corrected chi connectivity index (χ3v) is 1.90. The molecule has 0 aliphatic carbocycles. The third-order valence-electron chi connectivity index (χ3n) is 1.90. The van der Waals surface area contributed by atoms with Crippen molar-refractivity contribution in [2.24, 2.45) is 0 Å². The molecule has 4 heteroatoms. The highest BCUT2D eigenvalue weighted by Gasteiger charge is 2.48. The molecule has 0 spiro atoms. The summed E-state index contributed by atoms with van der Waals surface area (Å²) in [5, 5.41) is 0. The lowest BCUT2D eigenvalue weighted by Gasteiger charge is -1.93. The maximum atomic E-state index is 11.0. The number of pyridine rings is 1. The van der Waals surface area contributed by atoms with Gasteiger partial charge >= 0.3 is 5.97 Å². The van der Waals surface area contributed by atoms with Crippen molar-refractivity contribution < 1.29 is 14.3 Å². The minimum absolute atomic E-state index is 0.214. The van der Waals surface area contributed by atoms with Crippen LogP contribution in [-0.2, 0) is 14.3 Å². The molecule has 0 unspecified atom stereocenters. The first-order chi connectivity index (χ1) is 6.33. The van der Waals surface area contributed by atoms with Crippen LogP contribution in [0.4, 0.5) is 0 Å². The van der Waals surface area contributed by atoms with Crippen LogP contribution >= 0.6 is 0 Å². The number of esters is 1. The summed E-state index contributed by atoms with van der Waals surface area (Å²) in [6.45, 7) is 0. The van der Waals surface area contributed by atoms with Crippen molar-refractivity contribution in [3.63, 3.8) is 0 Å². The van der Waals surface area contributed by atoms with Gasteiger partial charge in [-0.3, -0.25) is 4.98 Å².